The van der Waals surface area contributed by atoms with Gasteiger partial charge < -0.3 is 0 Å². The molecule has 0 amide bonds. The second-order valence-corrected chi connectivity index (χ2v) is 5.44. The van der Waals surface area contributed by atoms with Crippen LogP contribution in [0.15, 0.2) is 30.3 Å². The Morgan fingerprint density at radius 3 is 2.32 bits per heavy atom. The van der Waals surface area contributed by atoms with Crippen LogP contribution in [0.2, 0.25) is 0 Å². The summed E-state index contributed by atoms with van der Waals surface area (Å²) < 4.78 is 0. The molecular formula is C17H20N2. The molecule has 0 unspecified atom stereocenters. The lowest BCUT2D eigenvalue weighted by atomic mass is 9.64. The average Bonchev–Trinajstić information content (AvgIpc) is 2.51. The van der Waals surface area contributed by atoms with Gasteiger partial charge >= 0.3 is 0 Å². The summed E-state index contributed by atoms with van der Waals surface area (Å²) in [7, 11) is 0. The van der Waals surface area contributed by atoms with Crippen molar-refractivity contribution in [2.24, 2.45) is 5.92 Å². The molecule has 0 aromatic heterocycles. The maximum Gasteiger partial charge on any atom is 0.0860 e. The van der Waals surface area contributed by atoms with Crippen LogP contribution in [0.5, 0.6) is 0 Å². The first kappa shape index (κ1) is 13.6. The Bertz CT molecular complexity index is 474. The van der Waals surface area contributed by atoms with Crippen LogP contribution in [0, 0.1) is 28.6 Å². The Hall–Kier alpha value is -1.80. The molecule has 1 aromatic rings. The van der Waals surface area contributed by atoms with E-state index < -0.39 is 5.41 Å². The van der Waals surface area contributed by atoms with E-state index in [9.17, 15) is 5.26 Å². The number of nitriles is 2. The van der Waals surface area contributed by atoms with Crippen LogP contribution in [-0.4, -0.2) is 0 Å². The molecule has 0 aliphatic heterocycles. The van der Waals surface area contributed by atoms with E-state index in [2.05, 4.69) is 24.3 Å². The summed E-state index contributed by atoms with van der Waals surface area (Å²) in [5.74, 6) is 0.405. The summed E-state index contributed by atoms with van der Waals surface area (Å²) in [6.45, 7) is 0. The van der Waals surface area contributed by atoms with Gasteiger partial charge in [-0.15, -0.1) is 0 Å². The molecule has 1 saturated carbocycles. The summed E-state index contributed by atoms with van der Waals surface area (Å²) in [6, 6.07) is 14.9. The summed E-state index contributed by atoms with van der Waals surface area (Å²) in [5, 5.41) is 18.8. The zero-order chi connectivity index (χ0) is 13.6. The lowest BCUT2D eigenvalue weighted by Crippen LogP contribution is -2.35. The fourth-order valence-corrected chi connectivity index (χ4v) is 3.38. The van der Waals surface area contributed by atoms with Crippen molar-refractivity contribution in [1.82, 2.24) is 0 Å². The van der Waals surface area contributed by atoms with Gasteiger partial charge in [0, 0.05) is 6.42 Å². The van der Waals surface area contributed by atoms with Crippen LogP contribution < -0.4 is 0 Å². The zero-order valence-corrected chi connectivity index (χ0v) is 11.3. The molecule has 0 saturated heterocycles. The Morgan fingerprint density at radius 2 is 1.74 bits per heavy atom. The largest absolute Gasteiger partial charge is 0.198 e. The third-order valence-electron chi connectivity index (χ3n) is 4.42. The average molecular weight is 252 g/mol. The highest BCUT2D eigenvalue weighted by molar-refractivity contribution is 5.34. The quantitative estimate of drug-likeness (QED) is 0.800. The molecular weight excluding hydrogens is 232 g/mol. The van der Waals surface area contributed by atoms with Crippen molar-refractivity contribution in [1.29, 1.82) is 10.5 Å². The second kappa shape index (κ2) is 6.39. The van der Waals surface area contributed by atoms with E-state index in [-0.39, 0.29) is 0 Å². The minimum atomic E-state index is -0.461. The van der Waals surface area contributed by atoms with Crippen molar-refractivity contribution < 1.29 is 0 Å². The van der Waals surface area contributed by atoms with E-state index in [1.165, 1.54) is 19.3 Å². The van der Waals surface area contributed by atoms with Crippen molar-refractivity contribution in [3.05, 3.63) is 35.9 Å². The lowest BCUT2D eigenvalue weighted by molar-refractivity contribution is 0.241. The van der Waals surface area contributed by atoms with Crippen LogP contribution >= 0.6 is 0 Å². The Labute approximate surface area is 115 Å². The van der Waals surface area contributed by atoms with Gasteiger partial charge in [0.2, 0.25) is 0 Å². The molecule has 1 aliphatic rings. The van der Waals surface area contributed by atoms with E-state index in [1.54, 1.807) is 0 Å². The minimum absolute atomic E-state index is 0.405. The molecule has 0 bridgehead atoms. The van der Waals surface area contributed by atoms with Crippen LogP contribution in [0.4, 0.5) is 0 Å². The molecule has 2 heteroatoms. The van der Waals surface area contributed by atoms with Gasteiger partial charge in [-0.1, -0.05) is 49.6 Å². The molecule has 1 aliphatic carbocycles. The summed E-state index contributed by atoms with van der Waals surface area (Å²) >= 11 is 0. The molecule has 1 aromatic carbocycles. The highest BCUT2D eigenvalue weighted by Gasteiger charge is 2.40. The molecule has 0 spiro atoms. The maximum atomic E-state index is 9.85. The number of hydrogen-bond donors (Lipinski definition) is 0. The Morgan fingerprint density at radius 1 is 1.05 bits per heavy atom. The van der Waals surface area contributed by atoms with Gasteiger partial charge in [0.05, 0.1) is 17.6 Å². The van der Waals surface area contributed by atoms with E-state index in [4.69, 9.17) is 5.26 Å². The molecule has 0 radical (unpaired) electrons. The van der Waals surface area contributed by atoms with Crippen molar-refractivity contribution in [3.63, 3.8) is 0 Å². The third kappa shape index (κ3) is 2.79. The summed E-state index contributed by atoms with van der Waals surface area (Å²) in [4.78, 5) is 0. The Balaban J connectivity index is 2.36. The van der Waals surface area contributed by atoms with Gasteiger partial charge in [-0.05, 0) is 30.7 Å². The standard InChI is InChI=1S/C17H20N2/c18-13-7-12-17(14-19,15-8-3-1-4-9-15)16-10-5-2-6-11-16/h1,3-4,8-9,16H,2,5-7,10-12H2/t17-/m1/s1. The lowest BCUT2D eigenvalue weighted by Gasteiger charge is -2.37. The van der Waals surface area contributed by atoms with E-state index in [0.29, 0.717) is 18.8 Å². The molecule has 19 heavy (non-hydrogen) atoms. The predicted octanol–water partition coefficient (Wildman–Crippen LogP) is 4.33. The third-order valence-corrected chi connectivity index (χ3v) is 4.42. The van der Waals surface area contributed by atoms with E-state index >= 15 is 0 Å². The predicted molar refractivity (Wildman–Crippen MR) is 75.2 cm³/mol. The van der Waals surface area contributed by atoms with Crippen molar-refractivity contribution >= 4 is 0 Å². The van der Waals surface area contributed by atoms with Crippen molar-refractivity contribution in [3.8, 4) is 12.1 Å². The van der Waals surface area contributed by atoms with Crippen LogP contribution in [0.3, 0.4) is 0 Å². The fraction of sp³-hybridized carbons (Fsp3) is 0.529. The first-order valence-corrected chi connectivity index (χ1v) is 7.17. The molecule has 0 N–H and O–H groups in total. The molecule has 1 atom stereocenters. The molecule has 2 rings (SSSR count). The normalized spacial score (nSPS) is 19.1. The number of benzene rings is 1. The SMILES string of the molecule is N#CCC[C@@](C#N)(c1ccccc1)C1CCCCC1. The van der Waals surface area contributed by atoms with Crippen molar-refractivity contribution in [2.45, 2.75) is 50.4 Å². The molecule has 98 valence electrons. The van der Waals surface area contributed by atoms with Gasteiger partial charge in [-0.25, -0.2) is 0 Å². The van der Waals surface area contributed by atoms with Gasteiger partial charge in [0.15, 0.2) is 0 Å². The van der Waals surface area contributed by atoms with Crippen LogP contribution in [0.25, 0.3) is 0 Å². The first-order chi connectivity index (χ1) is 9.33. The number of rotatable bonds is 4. The Kier molecular flexibility index (Phi) is 4.58. The molecule has 2 nitrogen and oxygen atoms in total. The van der Waals surface area contributed by atoms with Gasteiger partial charge in [-0.3, -0.25) is 0 Å². The van der Waals surface area contributed by atoms with E-state index in [1.807, 2.05) is 18.2 Å². The van der Waals surface area contributed by atoms with Crippen LogP contribution in [0.1, 0.15) is 50.5 Å². The monoisotopic (exact) mass is 252 g/mol. The number of hydrogen-bond acceptors (Lipinski definition) is 2. The maximum absolute atomic E-state index is 9.85. The first-order valence-electron chi connectivity index (χ1n) is 7.17. The fourth-order valence-electron chi connectivity index (χ4n) is 3.38. The number of nitrogens with zero attached hydrogens (tertiary/aromatic N) is 2. The molecule has 1 fully saturated rings. The zero-order valence-electron chi connectivity index (χ0n) is 11.3. The highest BCUT2D eigenvalue weighted by atomic mass is 14.5. The summed E-state index contributed by atoms with van der Waals surface area (Å²) in [5.41, 5.74) is 0.636. The summed E-state index contributed by atoms with van der Waals surface area (Å²) in [6.07, 6.45) is 7.07. The van der Waals surface area contributed by atoms with Crippen LogP contribution in [-0.2, 0) is 5.41 Å². The van der Waals surface area contributed by atoms with Crippen molar-refractivity contribution in [2.75, 3.05) is 0 Å². The van der Waals surface area contributed by atoms with E-state index in [0.717, 1.165) is 18.4 Å². The second-order valence-electron chi connectivity index (χ2n) is 5.44. The smallest absolute Gasteiger partial charge is 0.0860 e. The van der Waals surface area contributed by atoms with Gasteiger partial charge in [0.25, 0.3) is 0 Å². The van der Waals surface area contributed by atoms with Gasteiger partial charge in [0.1, 0.15) is 0 Å². The molecule has 0 heterocycles. The topological polar surface area (TPSA) is 47.6 Å². The minimum Gasteiger partial charge on any atom is -0.198 e. The highest BCUT2D eigenvalue weighted by Crippen LogP contribution is 2.43. The van der Waals surface area contributed by atoms with Gasteiger partial charge in [-0.2, -0.15) is 10.5 Å².